The second kappa shape index (κ2) is 6.88. The lowest BCUT2D eigenvalue weighted by molar-refractivity contribution is -0.141. The highest BCUT2D eigenvalue weighted by molar-refractivity contribution is 5.72. The Bertz CT molecular complexity index is 996. The van der Waals surface area contributed by atoms with Gasteiger partial charge in [0.25, 0.3) is 0 Å². The molecule has 0 saturated heterocycles. The first kappa shape index (κ1) is 19.2. The van der Waals surface area contributed by atoms with Crippen LogP contribution >= 0.6 is 0 Å². The summed E-state index contributed by atoms with van der Waals surface area (Å²) in [6, 6.07) is 9.63. The molecule has 11 heteroatoms. The molecule has 0 spiro atoms. The van der Waals surface area contributed by atoms with Crippen molar-refractivity contribution in [1.82, 2.24) is 15.2 Å². The number of rotatable bonds is 3. The predicted molar refractivity (Wildman–Crippen MR) is 86.3 cm³/mol. The summed E-state index contributed by atoms with van der Waals surface area (Å²) in [6.07, 6.45) is -8.72. The van der Waals surface area contributed by atoms with Gasteiger partial charge in [-0.05, 0) is 29.8 Å². The molecule has 0 bridgehead atoms. The van der Waals surface area contributed by atoms with Gasteiger partial charge < -0.3 is 5.32 Å². The lowest BCUT2D eigenvalue weighted by Gasteiger charge is -2.12. The molecule has 0 fully saturated rings. The SMILES string of the molecule is N#Cc1ccnc(Nc2ccc(-c3c(C(F)(F)F)n[nH]c3C(F)(F)F)cc2)c1. The van der Waals surface area contributed by atoms with E-state index in [0.29, 0.717) is 17.1 Å². The second-order valence-electron chi connectivity index (χ2n) is 5.56. The first-order chi connectivity index (χ1) is 13.1. The van der Waals surface area contributed by atoms with E-state index in [1.807, 2.05) is 6.07 Å². The van der Waals surface area contributed by atoms with Crippen LogP contribution < -0.4 is 5.32 Å². The Labute approximate surface area is 153 Å². The van der Waals surface area contributed by atoms with Gasteiger partial charge in [-0.3, -0.25) is 5.10 Å². The van der Waals surface area contributed by atoms with Gasteiger partial charge in [0.2, 0.25) is 0 Å². The number of aromatic nitrogens is 3. The highest BCUT2D eigenvalue weighted by atomic mass is 19.4. The van der Waals surface area contributed by atoms with Crippen LogP contribution in [0.1, 0.15) is 17.0 Å². The fraction of sp³-hybridized carbons (Fsp3) is 0.118. The minimum absolute atomic E-state index is 0.294. The molecule has 0 aliphatic rings. The zero-order valence-electron chi connectivity index (χ0n) is 13.7. The topological polar surface area (TPSA) is 77.4 Å². The number of benzene rings is 1. The molecule has 0 saturated carbocycles. The van der Waals surface area contributed by atoms with Gasteiger partial charge in [0.05, 0.1) is 11.6 Å². The minimum Gasteiger partial charge on any atom is -0.340 e. The van der Waals surface area contributed by atoms with Gasteiger partial charge in [-0.2, -0.15) is 36.7 Å². The summed E-state index contributed by atoms with van der Waals surface area (Å²) in [5.41, 5.74) is -3.92. The molecular formula is C17H9F6N5. The Kier molecular flexibility index (Phi) is 4.72. The highest BCUT2D eigenvalue weighted by Crippen LogP contribution is 2.43. The van der Waals surface area contributed by atoms with Gasteiger partial charge in [-0.15, -0.1) is 0 Å². The van der Waals surface area contributed by atoms with Crippen LogP contribution in [0.25, 0.3) is 11.1 Å². The first-order valence-electron chi connectivity index (χ1n) is 7.56. The number of nitrogens with one attached hydrogen (secondary N) is 2. The van der Waals surface area contributed by atoms with E-state index in [1.54, 1.807) is 0 Å². The van der Waals surface area contributed by atoms with Crippen molar-refractivity contribution in [2.75, 3.05) is 5.32 Å². The average molecular weight is 397 g/mol. The summed E-state index contributed by atoms with van der Waals surface area (Å²) in [5.74, 6) is 0.294. The van der Waals surface area contributed by atoms with E-state index in [2.05, 4.69) is 15.4 Å². The number of aromatic amines is 1. The van der Waals surface area contributed by atoms with Crippen LogP contribution in [0.15, 0.2) is 42.6 Å². The van der Waals surface area contributed by atoms with E-state index in [1.165, 1.54) is 35.6 Å². The molecule has 0 unspecified atom stereocenters. The molecule has 1 aromatic carbocycles. The molecule has 3 rings (SSSR count). The summed E-state index contributed by atoms with van der Waals surface area (Å²) >= 11 is 0. The number of pyridine rings is 1. The van der Waals surface area contributed by atoms with Crippen molar-refractivity contribution in [2.45, 2.75) is 12.4 Å². The zero-order valence-corrected chi connectivity index (χ0v) is 13.7. The van der Waals surface area contributed by atoms with Crippen molar-refractivity contribution in [3.8, 4) is 17.2 Å². The van der Waals surface area contributed by atoms with Gasteiger partial charge in [-0.1, -0.05) is 12.1 Å². The Balaban J connectivity index is 1.97. The van der Waals surface area contributed by atoms with E-state index in [4.69, 9.17) is 5.26 Å². The molecule has 28 heavy (non-hydrogen) atoms. The Morgan fingerprint density at radius 3 is 2.21 bits per heavy atom. The number of nitrogens with zero attached hydrogens (tertiary/aromatic N) is 3. The Hall–Kier alpha value is -3.55. The van der Waals surface area contributed by atoms with E-state index >= 15 is 0 Å². The summed E-state index contributed by atoms with van der Waals surface area (Å²) in [7, 11) is 0. The van der Waals surface area contributed by atoms with Crippen LogP contribution in [0.4, 0.5) is 37.8 Å². The normalized spacial score (nSPS) is 11.9. The van der Waals surface area contributed by atoms with Crippen molar-refractivity contribution >= 4 is 11.5 Å². The summed E-state index contributed by atoms with van der Waals surface area (Å²) in [4.78, 5) is 3.97. The van der Waals surface area contributed by atoms with E-state index in [9.17, 15) is 26.3 Å². The lowest BCUT2D eigenvalue weighted by Crippen LogP contribution is -2.10. The molecule has 2 heterocycles. The van der Waals surface area contributed by atoms with Crippen LogP contribution in [0.5, 0.6) is 0 Å². The maximum absolute atomic E-state index is 13.1. The molecular weight excluding hydrogens is 388 g/mol. The maximum atomic E-state index is 13.1. The van der Waals surface area contributed by atoms with Crippen molar-refractivity contribution in [2.24, 2.45) is 0 Å². The zero-order chi connectivity index (χ0) is 20.5. The van der Waals surface area contributed by atoms with Gasteiger partial charge in [0.1, 0.15) is 11.5 Å². The number of H-pyrrole nitrogens is 1. The number of nitriles is 1. The smallest absolute Gasteiger partial charge is 0.340 e. The van der Waals surface area contributed by atoms with Crippen molar-refractivity contribution < 1.29 is 26.3 Å². The molecule has 5 nitrogen and oxygen atoms in total. The van der Waals surface area contributed by atoms with Gasteiger partial charge in [0.15, 0.2) is 5.69 Å². The van der Waals surface area contributed by atoms with Crippen LogP contribution in [-0.4, -0.2) is 15.2 Å². The average Bonchev–Trinajstić information content (AvgIpc) is 3.08. The lowest BCUT2D eigenvalue weighted by atomic mass is 10.0. The Morgan fingerprint density at radius 2 is 1.64 bits per heavy atom. The minimum atomic E-state index is -5.06. The third-order valence-corrected chi connectivity index (χ3v) is 3.65. The van der Waals surface area contributed by atoms with Crippen LogP contribution in [-0.2, 0) is 12.4 Å². The molecule has 0 aliphatic carbocycles. The van der Waals surface area contributed by atoms with Crippen molar-refractivity contribution in [1.29, 1.82) is 5.26 Å². The highest BCUT2D eigenvalue weighted by Gasteiger charge is 2.44. The molecule has 2 aromatic heterocycles. The van der Waals surface area contributed by atoms with Crippen LogP contribution in [0.3, 0.4) is 0 Å². The molecule has 3 aromatic rings. The number of hydrogen-bond donors (Lipinski definition) is 2. The first-order valence-corrected chi connectivity index (χ1v) is 7.56. The third kappa shape index (κ3) is 3.90. The fourth-order valence-corrected chi connectivity index (χ4v) is 2.47. The molecule has 0 atom stereocenters. The number of anilines is 2. The molecule has 144 valence electrons. The fourth-order valence-electron chi connectivity index (χ4n) is 2.47. The molecule has 0 radical (unpaired) electrons. The second-order valence-corrected chi connectivity index (χ2v) is 5.56. The quantitative estimate of drug-likeness (QED) is 0.601. The standard InChI is InChI=1S/C17H9F6N5/c18-16(19,20)14-13(15(28-27-14)17(21,22)23)10-1-3-11(4-2-10)26-12-7-9(8-24)5-6-25-12/h1-7H,(H,25,26)(H,27,28). The molecule has 0 amide bonds. The maximum Gasteiger partial charge on any atom is 0.435 e. The van der Waals surface area contributed by atoms with Crippen molar-refractivity contribution in [3.05, 3.63) is 59.5 Å². The number of hydrogen-bond acceptors (Lipinski definition) is 4. The van der Waals surface area contributed by atoms with Gasteiger partial charge >= 0.3 is 12.4 Å². The van der Waals surface area contributed by atoms with Crippen LogP contribution in [0, 0.1) is 11.3 Å². The van der Waals surface area contributed by atoms with E-state index < -0.39 is 29.3 Å². The molecule has 2 N–H and O–H groups in total. The van der Waals surface area contributed by atoms with E-state index in [0.717, 1.165) is 12.1 Å². The third-order valence-electron chi connectivity index (χ3n) is 3.65. The summed E-state index contributed by atoms with van der Waals surface area (Å²) in [6.45, 7) is 0. The van der Waals surface area contributed by atoms with Gasteiger partial charge in [0, 0.05) is 17.4 Å². The Morgan fingerprint density at radius 1 is 0.964 bits per heavy atom. The van der Waals surface area contributed by atoms with E-state index in [-0.39, 0.29) is 5.56 Å². The van der Waals surface area contributed by atoms with Gasteiger partial charge in [-0.25, -0.2) is 4.98 Å². The largest absolute Gasteiger partial charge is 0.435 e. The molecule has 0 aliphatic heterocycles. The predicted octanol–water partition coefficient (Wildman–Crippen LogP) is 5.12. The van der Waals surface area contributed by atoms with Crippen molar-refractivity contribution in [3.63, 3.8) is 0 Å². The summed E-state index contributed by atoms with van der Waals surface area (Å²) < 4.78 is 78.5. The monoisotopic (exact) mass is 397 g/mol. The number of halogens is 6. The summed E-state index contributed by atoms with van der Waals surface area (Å²) in [5, 5.41) is 15.9. The number of alkyl halides is 6. The van der Waals surface area contributed by atoms with Crippen LogP contribution in [0.2, 0.25) is 0 Å².